The number of carbonyl (C=O) groups is 1. The number of sulfonamides is 1. The third kappa shape index (κ3) is 4.26. The van der Waals surface area contributed by atoms with Crippen molar-refractivity contribution in [3.63, 3.8) is 0 Å². The van der Waals surface area contributed by atoms with E-state index in [4.69, 9.17) is 25.8 Å². The van der Waals surface area contributed by atoms with Crippen molar-refractivity contribution in [2.45, 2.75) is 4.90 Å². The van der Waals surface area contributed by atoms with E-state index in [0.717, 1.165) is 0 Å². The minimum atomic E-state index is -3.61. The number of nitrogens with zero attached hydrogens (tertiary/aromatic N) is 2. The molecule has 1 amide bonds. The number of rotatable bonds is 5. The van der Waals surface area contributed by atoms with Gasteiger partial charge in [-0.2, -0.15) is 4.31 Å². The smallest absolute Gasteiger partial charge is 0.260 e. The molecule has 2 heterocycles. The second kappa shape index (κ2) is 8.10. The fourth-order valence-corrected chi connectivity index (χ4v) is 4.68. The lowest BCUT2D eigenvalue weighted by atomic mass is 10.3. The van der Waals surface area contributed by atoms with Crippen LogP contribution in [0.4, 0.5) is 0 Å². The molecular formula is C19H19ClN2O6S. The zero-order valence-electron chi connectivity index (χ0n) is 15.4. The number of fused-ring (bicyclic) bond motifs is 1. The molecule has 2 aliphatic heterocycles. The number of benzene rings is 2. The normalized spacial score (nSPS) is 16.7. The summed E-state index contributed by atoms with van der Waals surface area (Å²) in [6.45, 7) is 1.08. The molecule has 0 radical (unpaired) electrons. The molecule has 0 aliphatic carbocycles. The SMILES string of the molecule is O=C(COc1ccc2c(c1)OCO2)N1CCN(S(=O)(=O)c2ccc(Cl)cc2)CC1. The number of carbonyl (C=O) groups excluding carboxylic acids is 1. The molecule has 0 spiro atoms. The summed E-state index contributed by atoms with van der Waals surface area (Å²) in [4.78, 5) is 14.2. The van der Waals surface area contributed by atoms with Crippen molar-refractivity contribution >= 4 is 27.5 Å². The number of amides is 1. The van der Waals surface area contributed by atoms with Crippen LogP contribution in [0.1, 0.15) is 0 Å². The van der Waals surface area contributed by atoms with Gasteiger partial charge in [0, 0.05) is 37.3 Å². The average Bonchev–Trinajstić information content (AvgIpc) is 3.20. The third-order valence-electron chi connectivity index (χ3n) is 4.75. The van der Waals surface area contributed by atoms with E-state index in [9.17, 15) is 13.2 Å². The van der Waals surface area contributed by atoms with Crippen molar-refractivity contribution in [1.82, 2.24) is 9.21 Å². The number of ether oxygens (including phenoxy) is 3. The molecular weight excluding hydrogens is 420 g/mol. The Morgan fingerprint density at radius 1 is 1.00 bits per heavy atom. The Balaban J connectivity index is 1.31. The van der Waals surface area contributed by atoms with Gasteiger partial charge in [0.05, 0.1) is 4.90 Å². The number of hydrogen-bond donors (Lipinski definition) is 0. The molecule has 8 nitrogen and oxygen atoms in total. The molecule has 29 heavy (non-hydrogen) atoms. The standard InChI is InChI=1S/C19H19ClN2O6S/c20-14-1-4-16(5-2-14)29(24,25)22-9-7-21(8-10-22)19(23)12-26-15-3-6-17-18(11-15)28-13-27-17/h1-6,11H,7-10,12-13H2. The maximum absolute atomic E-state index is 12.7. The quantitative estimate of drug-likeness (QED) is 0.709. The topological polar surface area (TPSA) is 85.4 Å². The Hall–Kier alpha value is -2.49. The summed E-state index contributed by atoms with van der Waals surface area (Å²) in [7, 11) is -3.61. The first-order valence-corrected chi connectivity index (χ1v) is 10.8. The van der Waals surface area contributed by atoms with E-state index in [2.05, 4.69) is 0 Å². The number of piperazine rings is 1. The second-order valence-electron chi connectivity index (χ2n) is 6.54. The summed E-state index contributed by atoms with van der Waals surface area (Å²) in [5.74, 6) is 1.52. The lowest BCUT2D eigenvalue weighted by Crippen LogP contribution is -2.51. The van der Waals surface area contributed by atoms with Crippen molar-refractivity contribution < 1.29 is 27.4 Å². The van der Waals surface area contributed by atoms with Crippen LogP contribution in [-0.2, 0) is 14.8 Å². The first kappa shape index (κ1) is 19.8. The van der Waals surface area contributed by atoms with Crippen molar-refractivity contribution in [2.75, 3.05) is 39.6 Å². The highest BCUT2D eigenvalue weighted by atomic mass is 35.5. The monoisotopic (exact) mass is 438 g/mol. The summed E-state index contributed by atoms with van der Waals surface area (Å²) in [6.07, 6.45) is 0. The van der Waals surface area contributed by atoms with Gasteiger partial charge in [0.2, 0.25) is 16.8 Å². The zero-order valence-corrected chi connectivity index (χ0v) is 17.0. The second-order valence-corrected chi connectivity index (χ2v) is 8.92. The van der Waals surface area contributed by atoms with Crippen LogP contribution in [0.3, 0.4) is 0 Å². The van der Waals surface area contributed by atoms with E-state index in [-0.39, 0.29) is 37.3 Å². The van der Waals surface area contributed by atoms with E-state index in [1.807, 2.05) is 0 Å². The summed E-state index contributed by atoms with van der Waals surface area (Å²) < 4.78 is 42.9. The van der Waals surface area contributed by atoms with Gasteiger partial charge in [-0.1, -0.05) is 11.6 Å². The van der Waals surface area contributed by atoms with Crippen LogP contribution in [0.15, 0.2) is 47.4 Å². The van der Waals surface area contributed by atoms with Crippen LogP contribution in [0.25, 0.3) is 0 Å². The number of halogens is 1. The van der Waals surface area contributed by atoms with Gasteiger partial charge in [0.15, 0.2) is 18.1 Å². The van der Waals surface area contributed by atoms with Crippen molar-refractivity contribution in [3.8, 4) is 17.2 Å². The maximum atomic E-state index is 12.7. The molecule has 1 fully saturated rings. The fourth-order valence-electron chi connectivity index (χ4n) is 3.14. The fraction of sp³-hybridized carbons (Fsp3) is 0.316. The molecule has 0 unspecified atom stereocenters. The Morgan fingerprint density at radius 2 is 1.69 bits per heavy atom. The summed E-state index contributed by atoms with van der Waals surface area (Å²) >= 11 is 5.83. The highest BCUT2D eigenvalue weighted by Crippen LogP contribution is 2.35. The molecule has 0 bridgehead atoms. The molecule has 0 aromatic heterocycles. The predicted octanol–water partition coefficient (Wildman–Crippen LogP) is 1.98. The molecule has 1 saturated heterocycles. The van der Waals surface area contributed by atoms with Crippen molar-refractivity contribution in [2.24, 2.45) is 0 Å². The zero-order chi connectivity index (χ0) is 20.4. The van der Waals surface area contributed by atoms with E-state index in [1.165, 1.54) is 16.4 Å². The molecule has 2 aromatic rings. The first-order valence-electron chi connectivity index (χ1n) is 8.99. The molecule has 0 saturated carbocycles. The van der Waals surface area contributed by atoms with Gasteiger partial charge in [-0.3, -0.25) is 4.79 Å². The first-order chi connectivity index (χ1) is 13.9. The lowest BCUT2D eigenvalue weighted by molar-refractivity contribution is -0.134. The van der Waals surface area contributed by atoms with Gasteiger partial charge in [-0.25, -0.2) is 8.42 Å². The van der Waals surface area contributed by atoms with E-state index >= 15 is 0 Å². The highest BCUT2D eigenvalue weighted by molar-refractivity contribution is 7.89. The summed E-state index contributed by atoms with van der Waals surface area (Å²) in [6, 6.07) is 11.2. The molecule has 154 valence electrons. The highest BCUT2D eigenvalue weighted by Gasteiger charge is 2.30. The Labute approximate surface area is 173 Å². The summed E-state index contributed by atoms with van der Waals surface area (Å²) in [5.41, 5.74) is 0. The Bertz CT molecular complexity index is 1000. The van der Waals surface area contributed by atoms with Crippen LogP contribution >= 0.6 is 11.6 Å². The van der Waals surface area contributed by atoms with E-state index < -0.39 is 10.0 Å². The van der Waals surface area contributed by atoms with E-state index in [1.54, 1.807) is 35.2 Å². The maximum Gasteiger partial charge on any atom is 0.260 e. The lowest BCUT2D eigenvalue weighted by Gasteiger charge is -2.34. The Kier molecular flexibility index (Phi) is 5.53. The van der Waals surface area contributed by atoms with Gasteiger partial charge < -0.3 is 19.1 Å². The van der Waals surface area contributed by atoms with Gasteiger partial charge in [-0.15, -0.1) is 0 Å². The van der Waals surface area contributed by atoms with Crippen LogP contribution in [-0.4, -0.2) is 63.1 Å². The van der Waals surface area contributed by atoms with Crippen LogP contribution in [0.5, 0.6) is 17.2 Å². The van der Waals surface area contributed by atoms with Crippen molar-refractivity contribution in [1.29, 1.82) is 0 Å². The van der Waals surface area contributed by atoms with Crippen LogP contribution in [0, 0.1) is 0 Å². The molecule has 2 aromatic carbocycles. The van der Waals surface area contributed by atoms with Crippen LogP contribution < -0.4 is 14.2 Å². The van der Waals surface area contributed by atoms with E-state index in [0.29, 0.717) is 35.4 Å². The number of hydrogen-bond acceptors (Lipinski definition) is 6. The average molecular weight is 439 g/mol. The van der Waals surface area contributed by atoms with Crippen LogP contribution in [0.2, 0.25) is 5.02 Å². The molecule has 10 heteroatoms. The minimum Gasteiger partial charge on any atom is -0.484 e. The molecule has 0 N–H and O–H groups in total. The minimum absolute atomic E-state index is 0.135. The third-order valence-corrected chi connectivity index (χ3v) is 6.91. The van der Waals surface area contributed by atoms with Gasteiger partial charge in [0.25, 0.3) is 5.91 Å². The largest absolute Gasteiger partial charge is 0.484 e. The van der Waals surface area contributed by atoms with Crippen molar-refractivity contribution in [3.05, 3.63) is 47.5 Å². The van der Waals surface area contributed by atoms with Gasteiger partial charge in [-0.05, 0) is 36.4 Å². The molecule has 0 atom stereocenters. The molecule has 4 rings (SSSR count). The van der Waals surface area contributed by atoms with Gasteiger partial charge >= 0.3 is 0 Å². The molecule has 2 aliphatic rings. The Morgan fingerprint density at radius 3 is 2.41 bits per heavy atom. The summed E-state index contributed by atoms with van der Waals surface area (Å²) in [5, 5.41) is 0.474. The predicted molar refractivity (Wildman–Crippen MR) is 105 cm³/mol. The van der Waals surface area contributed by atoms with Gasteiger partial charge in [0.1, 0.15) is 5.75 Å².